The Morgan fingerprint density at radius 3 is 1.00 bits per heavy atom. The molecule has 0 unspecified atom stereocenters. The molecule has 11 aromatic rings. The summed E-state index contributed by atoms with van der Waals surface area (Å²) in [5.74, 6) is -6.21. The van der Waals surface area contributed by atoms with Crippen molar-refractivity contribution in [2.24, 2.45) is 0 Å². The van der Waals surface area contributed by atoms with Gasteiger partial charge in [-0.05, 0) is 308 Å². The number of Topliss-reactive ketones (excluding diaryl/α,β-unsaturated/α-hetero) is 2. The van der Waals surface area contributed by atoms with Gasteiger partial charge in [-0.25, -0.2) is 23.1 Å². The van der Waals surface area contributed by atoms with E-state index in [-0.39, 0.29) is 108 Å². The summed E-state index contributed by atoms with van der Waals surface area (Å²) in [6.07, 6.45) is -24.3. The molecule has 0 spiro atoms. The van der Waals surface area contributed by atoms with E-state index in [1.807, 2.05) is 53.7 Å². The zero-order valence-corrected chi connectivity index (χ0v) is 76.3. The van der Waals surface area contributed by atoms with Crippen LogP contribution in [0.2, 0.25) is 0 Å². The lowest BCUT2D eigenvalue weighted by atomic mass is 9.87. The first-order chi connectivity index (χ1) is 65.1. The number of halogens is 21. The van der Waals surface area contributed by atoms with Crippen molar-refractivity contribution in [3.63, 3.8) is 0 Å². The average Bonchev–Trinajstić information content (AvgIpc) is 1.60. The van der Waals surface area contributed by atoms with Crippen LogP contribution in [0, 0.1) is 45.1 Å². The first-order valence-electron chi connectivity index (χ1n) is 44.4. The van der Waals surface area contributed by atoms with Crippen molar-refractivity contribution >= 4 is 29.3 Å². The molecular formula is C105H90F21N5O8. The lowest BCUT2D eigenvalue weighted by Crippen LogP contribution is -2.31. The topological polar surface area (TPSA) is 149 Å². The number of carbonyl (C=O) groups is 5. The lowest BCUT2D eigenvalue weighted by Gasteiger charge is -2.29. The predicted molar refractivity (Wildman–Crippen MR) is 474 cm³/mol. The van der Waals surface area contributed by atoms with Crippen molar-refractivity contribution in [3.8, 4) is 73.1 Å². The van der Waals surface area contributed by atoms with Crippen molar-refractivity contribution in [2.45, 2.75) is 210 Å². The third-order valence-corrected chi connectivity index (χ3v) is 27.3. The van der Waals surface area contributed by atoms with Crippen LogP contribution in [0.4, 0.5) is 92.2 Å². The van der Waals surface area contributed by atoms with Crippen molar-refractivity contribution < 1.29 is 130 Å². The minimum atomic E-state index is -4.81. The number of methoxy groups -OCH3 is 3. The molecule has 0 saturated carbocycles. The molecule has 34 heteroatoms. The number of fused-ring (bicyclic) bond motifs is 3. The Bertz CT molecular complexity index is 6670. The Morgan fingerprint density at radius 2 is 0.676 bits per heavy atom. The fraction of sp³-hybridized carbons (Fsp3) is 0.343. The monoisotopic (exact) mass is 1950 g/mol. The van der Waals surface area contributed by atoms with Crippen molar-refractivity contribution in [1.29, 1.82) is 0 Å². The number of rotatable bonds is 17. The zero-order chi connectivity index (χ0) is 101. The van der Waals surface area contributed by atoms with Crippen molar-refractivity contribution in [2.75, 3.05) is 21.3 Å². The number of pyridine rings is 2. The van der Waals surface area contributed by atoms with Crippen LogP contribution in [0.25, 0.3) is 55.6 Å². The number of aromatic nitrogens is 2. The number of ether oxygens (including phenoxy) is 3. The highest BCUT2D eigenvalue weighted by atomic mass is 19.4. The first-order valence-corrected chi connectivity index (χ1v) is 44.4. The van der Waals surface area contributed by atoms with E-state index in [1.165, 1.54) is 68.1 Å². The van der Waals surface area contributed by atoms with Crippen LogP contribution in [0.3, 0.4) is 0 Å². The van der Waals surface area contributed by atoms with Gasteiger partial charge in [0, 0.05) is 106 Å². The molecule has 6 fully saturated rings. The van der Waals surface area contributed by atoms with Gasteiger partial charge in [-0.15, -0.1) is 0 Å². The summed E-state index contributed by atoms with van der Waals surface area (Å²) in [6.45, 7) is 14.4. The van der Waals surface area contributed by atoms with E-state index in [4.69, 9.17) is 14.2 Å². The molecule has 6 aliphatic heterocycles. The number of carbonyl (C=O) groups excluding carboxylic acids is 5. The summed E-state index contributed by atoms with van der Waals surface area (Å²) >= 11 is 0. The number of amides is 3. The minimum absolute atomic E-state index is 0.0119. The summed E-state index contributed by atoms with van der Waals surface area (Å²) in [5.41, 5.74) is 5.02. The van der Waals surface area contributed by atoms with Crippen LogP contribution in [0.1, 0.15) is 243 Å². The maximum atomic E-state index is 14.4. The molecule has 0 aliphatic carbocycles. The second-order valence-corrected chi connectivity index (χ2v) is 36.3. The van der Waals surface area contributed by atoms with Gasteiger partial charge in [0.25, 0.3) is 0 Å². The van der Waals surface area contributed by atoms with Gasteiger partial charge < -0.3 is 28.9 Å². The van der Waals surface area contributed by atoms with Gasteiger partial charge >= 0.3 is 37.1 Å². The van der Waals surface area contributed by atoms with Crippen LogP contribution >= 0.6 is 0 Å². The standard InChI is InChI=1S/C37H31F7N2O3.C36H29F7N2O3.C32H30F7NO2/c1-18-9-21(20(3)47)10-19(2)34(18)23-13-30(35(49-4)45-17-23)27-6-5-24(36(39,40)41)15-29(27)32-8-7-31-28(16-33(48)46(31)32)22-11-25(37(42,43)44)14-26(38)12-22;1-18-10-20(19(2)46)4-6-26(18)22-13-30(34(48-3)44-17-22)27-7-5-23(35(38,39)40)15-29(27)32-9-8-31-28(16-33(47)45(31)32)21-11-24(36(41,42)43)14-25(37)12-21;1-16(2)23-14-26(29(42-4)9-17(23)3)22-6-5-19(31(34,35)36)13-25(22)28-8-7-27-24(15-30(41)40(27)28)18-10-20(32(37,38)39)12-21(33)11-18/h5-6,9-15,17,28,31-32H,7-8,16H2,1-4H3;4-7,10-15,17,28,31-32H,8-9,16H2,1-3H3;5-6,9-14,16,24,27-28H,7-8,15H2,1-4H3/t2*28-,31+,32+;24-,27+,28+/m111/s1. The maximum absolute atomic E-state index is 14.4. The van der Waals surface area contributed by atoms with Gasteiger partial charge in [0.15, 0.2) is 11.6 Å². The van der Waals surface area contributed by atoms with E-state index in [0.29, 0.717) is 92.4 Å². The van der Waals surface area contributed by atoms with Crippen LogP contribution < -0.4 is 14.2 Å². The van der Waals surface area contributed by atoms with E-state index in [9.17, 15) is 116 Å². The summed E-state index contributed by atoms with van der Waals surface area (Å²) < 4.78 is 308. The molecule has 17 rings (SSSR count). The smallest absolute Gasteiger partial charge is 0.416 e. The summed E-state index contributed by atoms with van der Waals surface area (Å²) in [5, 5.41) is 0. The summed E-state index contributed by atoms with van der Waals surface area (Å²) in [4.78, 5) is 77.7. The predicted octanol–water partition coefficient (Wildman–Crippen LogP) is 28.2. The number of hydrogen-bond donors (Lipinski definition) is 0. The quantitative estimate of drug-likeness (QED) is 0.0637. The van der Waals surface area contributed by atoms with Crippen LogP contribution in [0.5, 0.6) is 17.5 Å². The number of ketones is 2. The first kappa shape index (κ1) is 100. The molecular weight excluding hydrogens is 1860 g/mol. The number of hydrogen-bond acceptors (Lipinski definition) is 10. The molecule has 9 aromatic carbocycles. The van der Waals surface area contributed by atoms with Crippen LogP contribution in [-0.4, -0.2) is 93.4 Å². The number of nitrogens with zero attached hydrogens (tertiary/aromatic N) is 5. The Hall–Kier alpha value is -13.0. The van der Waals surface area contributed by atoms with E-state index >= 15 is 0 Å². The van der Waals surface area contributed by atoms with E-state index < -0.39 is 160 Å². The number of aryl methyl sites for hydroxylation is 4. The SMILES string of the molecule is COc1cc(C)c(C(C)C)cc1-c1ccc(C(F)(F)F)cc1[C@@H]1CC[C@H]2[C@@H](c3cc(F)cc(C(F)(F)F)c3)CC(=O)N12.COc1ncc(-c2c(C)cc(C(C)=O)cc2C)cc1-c1ccc(C(F)(F)F)cc1[C@@H]1CC[C@H]2[C@@H](c3cc(F)cc(C(F)(F)F)c3)CC(=O)N12.COc1ncc(-c2ccc(C(C)=O)cc2C)cc1-c1ccc(C(F)(F)F)cc1[C@@H]1CC[C@H]2[C@@H](c3cc(F)cc(C(F)(F)F)c3)CC(=O)N12. The van der Waals surface area contributed by atoms with Gasteiger partial charge in [-0.2, -0.15) is 79.0 Å². The lowest BCUT2D eigenvalue weighted by molar-refractivity contribution is -0.138. The number of benzene rings is 9. The third-order valence-electron chi connectivity index (χ3n) is 27.3. The Kier molecular flexibility index (Phi) is 27.4. The Morgan fingerprint density at radius 1 is 0.345 bits per heavy atom. The van der Waals surface area contributed by atoms with Gasteiger partial charge in [0.1, 0.15) is 23.2 Å². The molecule has 730 valence electrons. The highest BCUT2D eigenvalue weighted by Crippen LogP contribution is 2.58. The van der Waals surface area contributed by atoms with Gasteiger partial charge in [-0.1, -0.05) is 44.2 Å². The number of alkyl halides is 18. The van der Waals surface area contributed by atoms with Gasteiger partial charge in [0.2, 0.25) is 29.5 Å². The molecule has 8 heterocycles. The largest absolute Gasteiger partial charge is 0.496 e. The van der Waals surface area contributed by atoms with E-state index in [1.54, 1.807) is 54.9 Å². The molecule has 6 saturated heterocycles. The molecule has 13 nitrogen and oxygen atoms in total. The molecule has 9 atom stereocenters. The van der Waals surface area contributed by atoms with Crippen LogP contribution in [-0.2, 0) is 51.4 Å². The maximum Gasteiger partial charge on any atom is 0.416 e. The normalized spacial score (nSPS) is 19.9. The van der Waals surface area contributed by atoms with E-state index in [0.717, 1.165) is 112 Å². The molecule has 0 N–H and O–H groups in total. The van der Waals surface area contributed by atoms with Crippen LogP contribution in [0.15, 0.2) is 176 Å². The Balaban J connectivity index is 0.000000158. The van der Waals surface area contributed by atoms with E-state index in [2.05, 4.69) is 9.97 Å². The summed E-state index contributed by atoms with van der Waals surface area (Å²) in [6, 6.07) is 28.1. The van der Waals surface area contributed by atoms with Crippen molar-refractivity contribution in [1.82, 2.24) is 24.7 Å². The third kappa shape index (κ3) is 20.2. The molecule has 6 aliphatic rings. The average molecular weight is 1950 g/mol. The molecule has 0 radical (unpaired) electrons. The van der Waals surface area contributed by atoms with Crippen molar-refractivity contribution in [3.05, 3.63) is 299 Å². The second kappa shape index (κ2) is 37.9. The summed E-state index contributed by atoms with van der Waals surface area (Å²) in [7, 11) is 4.23. The highest BCUT2D eigenvalue weighted by molar-refractivity contribution is 5.97. The minimum Gasteiger partial charge on any atom is -0.496 e. The fourth-order valence-electron chi connectivity index (χ4n) is 21.2. The Labute approximate surface area is 784 Å². The molecule has 2 aromatic heterocycles. The second-order valence-electron chi connectivity index (χ2n) is 36.3. The molecule has 139 heavy (non-hydrogen) atoms. The molecule has 3 amide bonds. The molecule has 0 bridgehead atoms. The zero-order valence-electron chi connectivity index (χ0n) is 76.3. The van der Waals surface area contributed by atoms with Gasteiger partial charge in [-0.3, -0.25) is 24.0 Å². The van der Waals surface area contributed by atoms with Gasteiger partial charge in [0.05, 0.1) is 72.8 Å². The fourth-order valence-corrected chi connectivity index (χ4v) is 21.2. The highest BCUT2D eigenvalue weighted by Gasteiger charge is 2.54.